The zero-order chi connectivity index (χ0) is 20.8. The Morgan fingerprint density at radius 3 is 2.77 bits per heavy atom. The Balaban J connectivity index is 1.33. The standard InChI is InChI=1S/C24H25N5O/c1-29(13-9-18-6-10-25-11-7-18)24(30)20-14-21(17-26-15-20)27-12-8-19-16-28-23-5-3-2-4-22(19)23/h2-7,10-11,14-17,27-28H,8-9,12-13H2,1H3. The molecule has 6 nitrogen and oxygen atoms in total. The molecule has 4 rings (SSSR count). The highest BCUT2D eigenvalue weighted by Crippen LogP contribution is 2.18. The van der Waals surface area contributed by atoms with Gasteiger partial charge in [0.05, 0.1) is 11.3 Å². The van der Waals surface area contributed by atoms with Crippen molar-refractivity contribution in [3.05, 3.63) is 90.1 Å². The lowest BCUT2D eigenvalue weighted by atomic mass is 10.1. The summed E-state index contributed by atoms with van der Waals surface area (Å²) in [4.78, 5) is 26.1. The van der Waals surface area contributed by atoms with E-state index in [1.54, 1.807) is 29.7 Å². The third-order valence-corrected chi connectivity index (χ3v) is 5.22. The number of likely N-dealkylation sites (N-methyl/N-ethyl adjacent to an activating group) is 1. The van der Waals surface area contributed by atoms with E-state index in [0.29, 0.717) is 12.1 Å². The number of aromatic nitrogens is 3. The molecule has 4 aromatic rings. The minimum atomic E-state index is -0.0307. The Kier molecular flexibility index (Phi) is 6.03. The molecule has 0 aliphatic heterocycles. The summed E-state index contributed by atoms with van der Waals surface area (Å²) in [5, 5.41) is 4.63. The molecule has 0 radical (unpaired) electrons. The molecule has 30 heavy (non-hydrogen) atoms. The summed E-state index contributed by atoms with van der Waals surface area (Å²) in [6.07, 6.45) is 10.6. The van der Waals surface area contributed by atoms with Gasteiger partial charge < -0.3 is 15.2 Å². The molecular formula is C24H25N5O. The Bertz CT molecular complexity index is 1120. The highest BCUT2D eigenvalue weighted by Gasteiger charge is 2.13. The minimum Gasteiger partial charge on any atom is -0.383 e. The molecule has 0 fully saturated rings. The summed E-state index contributed by atoms with van der Waals surface area (Å²) >= 11 is 0. The second-order valence-electron chi connectivity index (χ2n) is 7.33. The molecule has 0 unspecified atom stereocenters. The van der Waals surface area contributed by atoms with E-state index >= 15 is 0 Å². The first-order chi connectivity index (χ1) is 14.7. The molecule has 3 aromatic heterocycles. The monoisotopic (exact) mass is 399 g/mol. The number of para-hydroxylation sites is 1. The number of anilines is 1. The fraction of sp³-hybridized carbons (Fsp3) is 0.208. The topological polar surface area (TPSA) is 73.9 Å². The molecule has 0 saturated carbocycles. The van der Waals surface area contributed by atoms with Crippen LogP contribution in [-0.2, 0) is 12.8 Å². The molecule has 0 spiro atoms. The van der Waals surface area contributed by atoms with Crippen molar-refractivity contribution in [1.82, 2.24) is 19.9 Å². The van der Waals surface area contributed by atoms with Crippen molar-refractivity contribution in [1.29, 1.82) is 0 Å². The summed E-state index contributed by atoms with van der Waals surface area (Å²) in [6, 6.07) is 14.1. The molecule has 6 heteroatoms. The van der Waals surface area contributed by atoms with Crippen LogP contribution in [0.4, 0.5) is 5.69 Å². The van der Waals surface area contributed by atoms with Gasteiger partial charge >= 0.3 is 0 Å². The van der Waals surface area contributed by atoms with Crippen molar-refractivity contribution < 1.29 is 4.79 Å². The molecule has 0 saturated heterocycles. The molecule has 1 aromatic carbocycles. The van der Waals surface area contributed by atoms with Gasteiger partial charge in [0, 0.05) is 62.0 Å². The maximum Gasteiger partial charge on any atom is 0.255 e. The van der Waals surface area contributed by atoms with Crippen LogP contribution in [0, 0.1) is 0 Å². The van der Waals surface area contributed by atoms with E-state index in [2.05, 4.69) is 44.7 Å². The number of carbonyl (C=O) groups is 1. The van der Waals surface area contributed by atoms with Crippen molar-refractivity contribution in [2.45, 2.75) is 12.8 Å². The number of nitrogens with one attached hydrogen (secondary N) is 2. The number of carbonyl (C=O) groups excluding carboxylic acids is 1. The molecule has 0 aliphatic rings. The number of benzene rings is 1. The normalized spacial score (nSPS) is 10.8. The van der Waals surface area contributed by atoms with Gasteiger partial charge in [-0.2, -0.15) is 0 Å². The molecule has 1 amide bonds. The van der Waals surface area contributed by atoms with Crippen molar-refractivity contribution in [2.75, 3.05) is 25.5 Å². The number of H-pyrrole nitrogens is 1. The fourth-order valence-electron chi connectivity index (χ4n) is 3.50. The number of nitrogens with zero attached hydrogens (tertiary/aromatic N) is 3. The van der Waals surface area contributed by atoms with Gasteiger partial charge in [-0.25, -0.2) is 0 Å². The van der Waals surface area contributed by atoms with Gasteiger partial charge in [-0.1, -0.05) is 18.2 Å². The van der Waals surface area contributed by atoms with Crippen LogP contribution < -0.4 is 5.32 Å². The van der Waals surface area contributed by atoms with Crippen LogP contribution in [0.2, 0.25) is 0 Å². The summed E-state index contributed by atoms with van der Waals surface area (Å²) in [5.74, 6) is -0.0307. The Hall–Kier alpha value is -3.67. The molecule has 0 bridgehead atoms. The smallest absolute Gasteiger partial charge is 0.255 e. The lowest BCUT2D eigenvalue weighted by Crippen LogP contribution is -2.29. The van der Waals surface area contributed by atoms with Gasteiger partial charge in [-0.15, -0.1) is 0 Å². The van der Waals surface area contributed by atoms with Crippen LogP contribution in [-0.4, -0.2) is 45.9 Å². The predicted molar refractivity (Wildman–Crippen MR) is 120 cm³/mol. The summed E-state index contributed by atoms with van der Waals surface area (Å²) in [5.41, 5.74) is 5.02. The summed E-state index contributed by atoms with van der Waals surface area (Å²) in [6.45, 7) is 1.40. The third-order valence-electron chi connectivity index (χ3n) is 5.22. The predicted octanol–water partition coefficient (Wildman–Crippen LogP) is 3.93. The van der Waals surface area contributed by atoms with Crippen LogP contribution in [0.5, 0.6) is 0 Å². The zero-order valence-corrected chi connectivity index (χ0v) is 17.0. The van der Waals surface area contributed by atoms with E-state index in [1.807, 2.05) is 31.3 Å². The lowest BCUT2D eigenvalue weighted by Gasteiger charge is -2.17. The van der Waals surface area contributed by atoms with Crippen LogP contribution >= 0.6 is 0 Å². The molecule has 3 heterocycles. The average molecular weight is 399 g/mol. The van der Waals surface area contributed by atoms with Crippen LogP contribution in [0.25, 0.3) is 10.9 Å². The molecule has 2 N–H and O–H groups in total. The first-order valence-electron chi connectivity index (χ1n) is 10.1. The van der Waals surface area contributed by atoms with E-state index in [1.165, 1.54) is 10.9 Å². The van der Waals surface area contributed by atoms with E-state index < -0.39 is 0 Å². The first-order valence-corrected chi connectivity index (χ1v) is 10.1. The Labute approximate surface area is 176 Å². The number of pyridine rings is 2. The van der Waals surface area contributed by atoms with Gasteiger partial charge in [-0.05, 0) is 48.2 Å². The maximum atomic E-state index is 12.8. The number of aromatic amines is 1. The van der Waals surface area contributed by atoms with Crippen LogP contribution in [0.15, 0.2) is 73.4 Å². The summed E-state index contributed by atoms with van der Waals surface area (Å²) < 4.78 is 0. The van der Waals surface area contributed by atoms with Crippen molar-refractivity contribution >= 4 is 22.5 Å². The Morgan fingerprint density at radius 2 is 1.90 bits per heavy atom. The zero-order valence-electron chi connectivity index (χ0n) is 17.0. The van der Waals surface area contributed by atoms with Crippen molar-refractivity contribution in [2.24, 2.45) is 0 Å². The van der Waals surface area contributed by atoms with E-state index in [9.17, 15) is 4.79 Å². The van der Waals surface area contributed by atoms with E-state index in [0.717, 1.165) is 36.2 Å². The highest BCUT2D eigenvalue weighted by atomic mass is 16.2. The Morgan fingerprint density at radius 1 is 1.07 bits per heavy atom. The fourth-order valence-corrected chi connectivity index (χ4v) is 3.50. The molecule has 152 valence electrons. The highest BCUT2D eigenvalue weighted by molar-refractivity contribution is 5.94. The summed E-state index contributed by atoms with van der Waals surface area (Å²) in [7, 11) is 1.82. The average Bonchev–Trinajstić information content (AvgIpc) is 3.21. The van der Waals surface area contributed by atoms with E-state index in [-0.39, 0.29) is 5.91 Å². The van der Waals surface area contributed by atoms with Gasteiger partial charge in [0.25, 0.3) is 5.91 Å². The number of rotatable bonds is 8. The van der Waals surface area contributed by atoms with Gasteiger partial charge in [0.15, 0.2) is 0 Å². The van der Waals surface area contributed by atoms with Crippen LogP contribution in [0.3, 0.4) is 0 Å². The van der Waals surface area contributed by atoms with Crippen molar-refractivity contribution in [3.63, 3.8) is 0 Å². The van der Waals surface area contributed by atoms with Crippen molar-refractivity contribution in [3.8, 4) is 0 Å². The second-order valence-corrected chi connectivity index (χ2v) is 7.33. The molecule has 0 atom stereocenters. The SMILES string of the molecule is CN(CCc1ccncc1)C(=O)c1cncc(NCCc2c[nH]c3ccccc23)c1. The lowest BCUT2D eigenvalue weighted by molar-refractivity contribution is 0.0796. The molecular weight excluding hydrogens is 374 g/mol. The first kappa shape index (κ1) is 19.6. The number of fused-ring (bicyclic) bond motifs is 1. The van der Waals surface area contributed by atoms with Gasteiger partial charge in [-0.3, -0.25) is 14.8 Å². The molecule has 0 aliphatic carbocycles. The number of amides is 1. The van der Waals surface area contributed by atoms with Gasteiger partial charge in [0.2, 0.25) is 0 Å². The van der Waals surface area contributed by atoms with Gasteiger partial charge in [0.1, 0.15) is 0 Å². The maximum absolute atomic E-state index is 12.8. The number of hydrogen-bond acceptors (Lipinski definition) is 4. The number of hydrogen-bond donors (Lipinski definition) is 2. The minimum absolute atomic E-state index is 0.0307. The second kappa shape index (κ2) is 9.22. The third kappa shape index (κ3) is 4.66. The largest absolute Gasteiger partial charge is 0.383 e. The quantitative estimate of drug-likeness (QED) is 0.471. The van der Waals surface area contributed by atoms with Crippen LogP contribution in [0.1, 0.15) is 21.5 Å². The van der Waals surface area contributed by atoms with E-state index in [4.69, 9.17) is 0 Å².